The third-order valence-electron chi connectivity index (χ3n) is 16.8. The summed E-state index contributed by atoms with van der Waals surface area (Å²) in [5, 5.41) is 25.0. The van der Waals surface area contributed by atoms with Crippen molar-refractivity contribution in [2.45, 2.75) is 152 Å². The van der Waals surface area contributed by atoms with Crippen LogP contribution in [0.1, 0.15) is 139 Å². The van der Waals surface area contributed by atoms with Gasteiger partial charge in [-0.1, -0.05) is 54.0 Å². The molecule has 0 saturated heterocycles. The minimum absolute atomic E-state index is 0.0176. The monoisotopic (exact) mass is 739 g/mol. The van der Waals surface area contributed by atoms with E-state index >= 15 is 0 Å². The molecule has 6 rings (SSSR count). The third kappa shape index (κ3) is 6.43. The molecule has 298 valence electrons. The van der Waals surface area contributed by atoms with Gasteiger partial charge in [-0.25, -0.2) is 0 Å². The maximum atomic E-state index is 14.1. The molecule has 0 aromatic heterocycles. The number of nitrogens with zero attached hydrogens (tertiary/aromatic N) is 1. The van der Waals surface area contributed by atoms with E-state index in [1.165, 1.54) is 5.57 Å². The van der Waals surface area contributed by atoms with Crippen LogP contribution < -0.4 is 5.32 Å². The van der Waals surface area contributed by atoms with Gasteiger partial charge in [-0.3, -0.25) is 19.2 Å². The smallest absolute Gasteiger partial charge is 0.309 e. The van der Waals surface area contributed by atoms with Crippen molar-refractivity contribution in [1.82, 2.24) is 10.2 Å². The van der Waals surface area contributed by atoms with Gasteiger partial charge in [-0.05, 0) is 137 Å². The molecule has 53 heavy (non-hydrogen) atoms. The molecule has 0 aromatic rings. The molecule has 0 radical (unpaired) electrons. The highest BCUT2D eigenvalue weighted by Gasteiger charge is 2.71. The summed E-state index contributed by atoms with van der Waals surface area (Å²) in [7, 11) is 1.79. The van der Waals surface area contributed by atoms with Crippen LogP contribution in [0.3, 0.4) is 0 Å². The zero-order chi connectivity index (χ0) is 39.1. The second-order valence-corrected chi connectivity index (χ2v) is 20.8. The van der Waals surface area contributed by atoms with Gasteiger partial charge in [-0.15, -0.1) is 0 Å². The number of likely N-dealkylation sites (N-methyl/N-ethyl adjacent to an activating group) is 1. The van der Waals surface area contributed by atoms with Gasteiger partial charge in [0.05, 0.1) is 24.5 Å². The molecule has 0 aliphatic heterocycles. The summed E-state index contributed by atoms with van der Waals surface area (Å²) in [5.74, 6) is 0.369. The van der Waals surface area contributed by atoms with E-state index in [1.54, 1.807) is 20.9 Å². The number of nitrogens with one attached hydrogen (secondary N) is 1. The van der Waals surface area contributed by atoms with Gasteiger partial charge in [0.25, 0.3) is 0 Å². The van der Waals surface area contributed by atoms with Gasteiger partial charge in [0.1, 0.15) is 6.10 Å². The van der Waals surface area contributed by atoms with E-state index in [-0.39, 0.29) is 70.8 Å². The lowest BCUT2D eigenvalue weighted by Crippen LogP contribution is -2.66. The minimum Gasteiger partial charge on any atom is -0.481 e. The molecule has 5 saturated carbocycles. The number of fused-ring (bicyclic) bond motifs is 7. The molecule has 0 unspecified atom stereocenters. The molecule has 6 aliphatic carbocycles. The number of carboxylic acids is 1. The third-order valence-corrected chi connectivity index (χ3v) is 16.8. The largest absolute Gasteiger partial charge is 0.481 e. The number of hydrogen-bond acceptors (Lipinski definition) is 7. The predicted molar refractivity (Wildman–Crippen MR) is 205 cm³/mol. The Labute approximate surface area is 318 Å². The number of aliphatic carboxylic acids is 1. The summed E-state index contributed by atoms with van der Waals surface area (Å²) < 4.78 is 6.17. The lowest BCUT2D eigenvalue weighted by Gasteiger charge is -2.72. The van der Waals surface area contributed by atoms with Crippen molar-refractivity contribution in [3.63, 3.8) is 0 Å². The number of carbonyl (C=O) groups is 4. The number of esters is 1. The molecular formula is C44H70N2O7. The normalized spacial score (nSPS) is 38.4. The Bertz CT molecular complexity index is 1530. The molecule has 0 aromatic carbocycles. The number of carboxylic acid groups (broad SMARTS) is 1. The van der Waals surface area contributed by atoms with Crippen LogP contribution >= 0.6 is 0 Å². The fraction of sp³-hybridized carbons (Fsp3) is 0.864. The zero-order valence-electron chi connectivity index (χ0n) is 34.5. The van der Waals surface area contributed by atoms with Crippen LogP contribution in [0.2, 0.25) is 0 Å². The molecule has 9 heteroatoms. The summed E-state index contributed by atoms with van der Waals surface area (Å²) in [6, 6.07) is 0. The van der Waals surface area contributed by atoms with Crippen LogP contribution in [0.5, 0.6) is 0 Å². The Morgan fingerprint density at radius 3 is 2.21 bits per heavy atom. The van der Waals surface area contributed by atoms with E-state index in [4.69, 9.17) is 4.74 Å². The quantitative estimate of drug-likeness (QED) is 0.179. The number of hydrogen-bond donors (Lipinski definition) is 3. The fourth-order valence-electron chi connectivity index (χ4n) is 13.4. The molecule has 6 aliphatic rings. The molecule has 3 N–H and O–H groups in total. The highest BCUT2D eigenvalue weighted by atomic mass is 16.5. The maximum absolute atomic E-state index is 14.1. The second kappa shape index (κ2) is 13.7. The fourth-order valence-corrected chi connectivity index (χ4v) is 13.4. The van der Waals surface area contributed by atoms with E-state index < -0.39 is 28.9 Å². The van der Waals surface area contributed by atoms with Crippen molar-refractivity contribution in [2.75, 3.05) is 26.7 Å². The SMILES string of the molecule is CNCC(=O)N(CC1CC1)C[C@H](O)[C@@]12CC[C@]3(C)[C@H](CC[C@@H]4[C@@]5(C)CC[C@H](OC(=O)CC(C)(C)C(=O)O)C(C)(C)[C@H]5CC[C@]43C)C1=C(C(C)C)C(=O)C2. The van der Waals surface area contributed by atoms with E-state index in [0.717, 1.165) is 69.8 Å². The van der Waals surface area contributed by atoms with Gasteiger partial charge in [0.15, 0.2) is 5.78 Å². The van der Waals surface area contributed by atoms with Gasteiger partial charge >= 0.3 is 11.9 Å². The van der Waals surface area contributed by atoms with Crippen LogP contribution in [0.25, 0.3) is 0 Å². The van der Waals surface area contributed by atoms with Gasteiger partial charge in [-0.2, -0.15) is 0 Å². The Kier molecular flexibility index (Phi) is 10.5. The first-order valence-corrected chi connectivity index (χ1v) is 20.9. The first kappa shape index (κ1) is 40.4. The Balaban J connectivity index is 1.29. The highest BCUT2D eigenvalue weighted by Crippen LogP contribution is 2.77. The topological polar surface area (TPSA) is 133 Å². The summed E-state index contributed by atoms with van der Waals surface area (Å²) in [5.41, 5.74) is 0.122. The highest BCUT2D eigenvalue weighted by molar-refractivity contribution is 6.00. The summed E-state index contributed by atoms with van der Waals surface area (Å²) >= 11 is 0. The number of amides is 1. The van der Waals surface area contributed by atoms with Crippen molar-refractivity contribution in [2.24, 2.45) is 62.1 Å². The maximum Gasteiger partial charge on any atom is 0.309 e. The van der Waals surface area contributed by atoms with Gasteiger partial charge in [0.2, 0.25) is 5.91 Å². The molecule has 0 spiro atoms. The Morgan fingerprint density at radius 1 is 0.925 bits per heavy atom. The van der Waals surface area contributed by atoms with Crippen molar-refractivity contribution < 1.29 is 34.1 Å². The van der Waals surface area contributed by atoms with Crippen molar-refractivity contribution in [1.29, 1.82) is 0 Å². The van der Waals surface area contributed by atoms with E-state index in [2.05, 4.69) is 53.8 Å². The van der Waals surface area contributed by atoms with Crippen LogP contribution in [0.4, 0.5) is 0 Å². The number of carbonyl (C=O) groups excluding carboxylic acids is 3. The second-order valence-electron chi connectivity index (χ2n) is 20.8. The lowest BCUT2D eigenvalue weighted by atomic mass is 9.33. The molecule has 9 atom stereocenters. The van der Waals surface area contributed by atoms with Crippen LogP contribution in [0, 0.1) is 62.1 Å². The summed E-state index contributed by atoms with van der Waals surface area (Å²) in [4.78, 5) is 54.2. The number of rotatable bonds is 12. The van der Waals surface area contributed by atoms with Crippen LogP contribution in [0.15, 0.2) is 11.1 Å². The molecule has 1 amide bonds. The van der Waals surface area contributed by atoms with Crippen LogP contribution in [-0.4, -0.2) is 77.6 Å². The van der Waals surface area contributed by atoms with Crippen molar-refractivity contribution in [3.8, 4) is 0 Å². The van der Waals surface area contributed by atoms with E-state index in [9.17, 15) is 29.4 Å². The number of Topliss-reactive ketones (excluding diaryl/α,β-unsaturated/α-hetero) is 1. The van der Waals surface area contributed by atoms with Crippen LogP contribution in [-0.2, 0) is 23.9 Å². The first-order chi connectivity index (χ1) is 24.6. The molecule has 0 bridgehead atoms. The number of aliphatic hydroxyl groups is 1. The van der Waals surface area contributed by atoms with E-state index in [0.29, 0.717) is 30.7 Å². The average molecular weight is 739 g/mol. The average Bonchev–Trinajstić information content (AvgIpc) is 3.81. The number of ether oxygens (including phenoxy) is 1. The zero-order valence-corrected chi connectivity index (χ0v) is 34.5. The minimum atomic E-state index is -1.17. The summed E-state index contributed by atoms with van der Waals surface area (Å²) in [6.07, 6.45) is 8.96. The molecular weight excluding hydrogens is 668 g/mol. The predicted octanol–water partition coefficient (Wildman–Crippen LogP) is 7.20. The first-order valence-electron chi connectivity index (χ1n) is 20.9. The van der Waals surface area contributed by atoms with Gasteiger partial charge < -0.3 is 25.2 Å². The van der Waals surface area contributed by atoms with Gasteiger partial charge in [0, 0.05) is 30.3 Å². The Morgan fingerprint density at radius 2 is 1.60 bits per heavy atom. The van der Waals surface area contributed by atoms with Crippen molar-refractivity contribution in [3.05, 3.63) is 11.1 Å². The van der Waals surface area contributed by atoms with Crippen molar-refractivity contribution >= 4 is 23.6 Å². The summed E-state index contributed by atoms with van der Waals surface area (Å²) in [6.45, 7) is 20.7. The Hall–Kier alpha value is -2.26. The molecule has 9 nitrogen and oxygen atoms in total. The number of aliphatic hydroxyl groups excluding tert-OH is 1. The number of allylic oxidation sites excluding steroid dienone is 1. The molecule has 5 fully saturated rings. The van der Waals surface area contributed by atoms with E-state index in [1.807, 2.05) is 4.90 Å². The lowest BCUT2D eigenvalue weighted by molar-refractivity contribution is -0.235. The number of ketones is 1. The standard InChI is InChI=1S/C44H70N2O7/c1-26(2)36-29(47)21-44(32(48)25-46(24-27-11-12-27)34(49)23-45-10)20-19-42(8)28(37(36)44)13-14-31-41(7)17-16-33(53-35(50)22-39(3,4)38(51)52)40(5,6)30(41)15-18-43(31,42)9/h26-28,30-33,45,48H,11-25H2,1-10H3,(H,51,52)/t28-,30-,31-,32+,33+,41+,42-,43-,44+/m1/s1. The molecule has 0 heterocycles.